The average Bonchev–Trinajstić information content (AvgIpc) is 0.986. The van der Waals surface area contributed by atoms with Crippen LogP contribution < -0.4 is 26.2 Å². The van der Waals surface area contributed by atoms with Gasteiger partial charge in [0.05, 0.1) is 44.5 Å². The summed E-state index contributed by atoms with van der Waals surface area (Å²) >= 11 is 0. The molecule has 0 bridgehead atoms. The number of fused-ring (bicyclic) bond motifs is 13. The smallest absolute Gasteiger partial charge is 0.252 e. The topological polar surface area (TPSA) is 21.3 Å². The van der Waals surface area contributed by atoms with Crippen LogP contribution in [-0.4, -0.2) is 20.4 Å². The molecule has 0 saturated heterocycles. The number of hydrogen-bond donors (Lipinski definition) is 0. The molecular formula is C122H122BN5. The van der Waals surface area contributed by atoms with Crippen LogP contribution in [0.15, 0.2) is 303 Å². The molecule has 0 spiro atoms. The second-order valence-corrected chi connectivity index (χ2v) is 45.3. The van der Waals surface area contributed by atoms with E-state index in [1.54, 1.807) is 0 Å². The zero-order valence-electron chi connectivity index (χ0n) is 79.7. The minimum atomic E-state index is -0.279. The van der Waals surface area contributed by atoms with Gasteiger partial charge < -0.3 is 23.5 Å². The van der Waals surface area contributed by atoms with Crippen molar-refractivity contribution in [3.8, 4) is 61.6 Å². The van der Waals surface area contributed by atoms with E-state index in [1.165, 1.54) is 132 Å². The van der Waals surface area contributed by atoms with Crippen LogP contribution in [0.25, 0.3) is 127 Å². The molecule has 3 aromatic heterocycles. The molecule has 638 valence electrons. The van der Waals surface area contributed by atoms with Gasteiger partial charge in [0.2, 0.25) is 0 Å². The Bertz CT molecular complexity index is 7290. The molecule has 2 aliphatic heterocycles. The highest BCUT2D eigenvalue weighted by Gasteiger charge is 2.46. The first-order valence-corrected chi connectivity index (χ1v) is 46.5. The highest BCUT2D eigenvalue weighted by atomic mass is 15.2. The predicted octanol–water partition coefficient (Wildman–Crippen LogP) is 32.1. The first-order chi connectivity index (χ1) is 60.5. The van der Waals surface area contributed by atoms with Gasteiger partial charge in [0.25, 0.3) is 6.71 Å². The van der Waals surface area contributed by atoms with Gasteiger partial charge in [-0.1, -0.05) is 348 Å². The van der Waals surface area contributed by atoms with Gasteiger partial charge in [-0.25, -0.2) is 0 Å². The van der Waals surface area contributed by atoms with Crippen molar-refractivity contribution in [1.82, 2.24) is 13.7 Å². The Morgan fingerprint density at radius 1 is 0.180 bits per heavy atom. The summed E-state index contributed by atoms with van der Waals surface area (Å²) in [5.74, 6) is 0. The van der Waals surface area contributed by atoms with E-state index < -0.39 is 0 Å². The monoisotopic (exact) mass is 1670 g/mol. The minimum absolute atomic E-state index is 0.0713. The van der Waals surface area contributed by atoms with Gasteiger partial charge in [0.1, 0.15) is 0 Å². The van der Waals surface area contributed by atoms with Crippen LogP contribution in [0.5, 0.6) is 0 Å². The molecule has 2 aliphatic rings. The summed E-state index contributed by atoms with van der Waals surface area (Å²) in [5, 5.41) is 7.38. The molecule has 0 fully saturated rings. The fourth-order valence-electron chi connectivity index (χ4n) is 20.4. The summed E-state index contributed by atoms with van der Waals surface area (Å²) in [5.41, 5.74) is 39.5. The fourth-order valence-corrected chi connectivity index (χ4v) is 20.4. The maximum absolute atomic E-state index is 2.75. The van der Waals surface area contributed by atoms with Crippen molar-refractivity contribution in [2.45, 2.75) is 209 Å². The van der Waals surface area contributed by atoms with Gasteiger partial charge in [-0.05, 0) is 270 Å². The molecule has 18 aromatic rings. The van der Waals surface area contributed by atoms with Crippen LogP contribution in [-0.2, 0) is 43.3 Å². The lowest BCUT2D eigenvalue weighted by Crippen LogP contribution is -2.61. The molecule has 0 N–H and O–H groups in total. The summed E-state index contributed by atoms with van der Waals surface area (Å²) < 4.78 is 7.81. The van der Waals surface area contributed by atoms with Gasteiger partial charge in [-0.2, -0.15) is 0 Å². The highest BCUT2D eigenvalue weighted by molar-refractivity contribution is 7.00. The van der Waals surface area contributed by atoms with E-state index in [1.807, 2.05) is 0 Å². The van der Waals surface area contributed by atoms with Crippen LogP contribution in [0.3, 0.4) is 0 Å². The third-order valence-corrected chi connectivity index (χ3v) is 28.0. The van der Waals surface area contributed by atoms with Crippen molar-refractivity contribution in [2.75, 3.05) is 9.80 Å². The number of rotatable bonds is 9. The summed E-state index contributed by atoms with van der Waals surface area (Å²) in [4.78, 5) is 5.45. The van der Waals surface area contributed by atoms with E-state index in [0.29, 0.717) is 0 Å². The van der Waals surface area contributed by atoms with E-state index in [-0.39, 0.29) is 50.0 Å². The molecular weight excluding hydrogens is 1550 g/mol. The Hall–Kier alpha value is -12.6. The van der Waals surface area contributed by atoms with Crippen LogP contribution in [0, 0.1) is 0 Å². The van der Waals surface area contributed by atoms with Crippen molar-refractivity contribution in [2.24, 2.45) is 0 Å². The average molecular weight is 1670 g/mol. The molecule has 0 aliphatic carbocycles. The Kier molecular flexibility index (Phi) is 19.2. The number of anilines is 6. The molecule has 0 radical (unpaired) electrons. The van der Waals surface area contributed by atoms with Crippen molar-refractivity contribution in [3.63, 3.8) is 0 Å². The molecule has 15 aromatic carbocycles. The lowest BCUT2D eigenvalue weighted by molar-refractivity contribution is 0.568. The van der Waals surface area contributed by atoms with Crippen LogP contribution >= 0.6 is 0 Å². The van der Waals surface area contributed by atoms with Crippen molar-refractivity contribution < 1.29 is 0 Å². The molecule has 5 heterocycles. The Balaban J connectivity index is 0.963. The van der Waals surface area contributed by atoms with E-state index >= 15 is 0 Å². The van der Waals surface area contributed by atoms with Crippen molar-refractivity contribution in [3.05, 3.63) is 348 Å². The summed E-state index contributed by atoms with van der Waals surface area (Å²) in [6, 6.07) is 120. The van der Waals surface area contributed by atoms with Crippen LogP contribution in [0.2, 0.25) is 0 Å². The van der Waals surface area contributed by atoms with E-state index in [0.717, 1.165) is 90.0 Å². The Morgan fingerprint density at radius 3 is 0.945 bits per heavy atom. The standard InChI is InChI=1S/C122H122BN5/c1-115(2,3)83-47-54-102-96(70-83)97-71-84(116(4,5)6)48-55-103(97)124(102)92-51-53-101-109(74-92)125(93-63-78(75-36-28-25-29-37-75)58-79(64-93)76-38-30-26-31-39-76)110-66-82(81-61-89(121(19,20)21)69-90(62-81)122(22,23)24)67-111-112(110)123(101)100-52-46-77(80-59-87(119(13,14)15)68-88(60-80)120(16,17)18)65-108(100)128(111)107-45-35-43-95-94-42-34-44-106(113(94)126(114(95)107)91-40-32-27-33-41-91)127-104-56-49-85(117(7,8)9)72-98(104)99-73-86(118(10,11)12)50-57-105(99)127/h25-74H,1-24H3. The summed E-state index contributed by atoms with van der Waals surface area (Å²) in [7, 11) is 0. The lowest BCUT2D eigenvalue weighted by Gasteiger charge is -2.45. The van der Waals surface area contributed by atoms with Gasteiger partial charge in [0, 0.05) is 72.1 Å². The second-order valence-electron chi connectivity index (χ2n) is 45.3. The van der Waals surface area contributed by atoms with Crippen LogP contribution in [0.1, 0.15) is 211 Å². The van der Waals surface area contributed by atoms with Gasteiger partial charge >= 0.3 is 0 Å². The molecule has 128 heavy (non-hydrogen) atoms. The first kappa shape index (κ1) is 83.6. The number of benzene rings is 15. The molecule has 0 amide bonds. The number of aromatic nitrogens is 3. The first-order valence-electron chi connectivity index (χ1n) is 46.5. The molecule has 0 saturated carbocycles. The molecule has 20 rings (SSSR count). The van der Waals surface area contributed by atoms with E-state index in [9.17, 15) is 0 Å². The third-order valence-electron chi connectivity index (χ3n) is 28.0. The van der Waals surface area contributed by atoms with E-state index in [2.05, 4.69) is 493 Å². The fraction of sp³-hybridized carbons (Fsp3) is 0.262. The van der Waals surface area contributed by atoms with Crippen molar-refractivity contribution in [1.29, 1.82) is 0 Å². The zero-order valence-corrected chi connectivity index (χ0v) is 79.7. The maximum atomic E-state index is 2.75. The molecule has 5 nitrogen and oxygen atoms in total. The molecule has 0 unspecified atom stereocenters. The maximum Gasteiger partial charge on any atom is 0.252 e. The molecule has 0 atom stereocenters. The largest absolute Gasteiger partial charge is 0.311 e. The van der Waals surface area contributed by atoms with Crippen LogP contribution in [0.4, 0.5) is 34.1 Å². The SMILES string of the molecule is CC(C)(C)c1cc(-c2ccc3c(c2)N(c2cccc4c5cccc(-n6c7ccc(C(C)(C)C)cc7c7cc(C(C)(C)C)ccc76)c5n(-c5ccccc5)c24)c2cc(-c4cc(C(C)(C)C)cc(C(C)(C)C)c4)cc4c2B3c2ccc(-n3c5ccc(C(C)(C)C)cc5c5cc(C(C)(C)C)ccc53)cc2N4c2cc(-c3ccccc3)cc(-c3ccccc3)c2)cc(C(C)(C)C)c1. The minimum Gasteiger partial charge on any atom is -0.311 e. The summed E-state index contributed by atoms with van der Waals surface area (Å²) in [6.07, 6.45) is 0. The Labute approximate surface area is 759 Å². The van der Waals surface area contributed by atoms with Gasteiger partial charge in [-0.3, -0.25) is 0 Å². The Morgan fingerprint density at radius 2 is 0.523 bits per heavy atom. The van der Waals surface area contributed by atoms with E-state index in [4.69, 9.17) is 0 Å². The quantitative estimate of drug-likeness (QED) is 0.134. The van der Waals surface area contributed by atoms with Gasteiger partial charge in [0.15, 0.2) is 0 Å². The molecule has 6 heteroatoms. The number of hydrogen-bond acceptors (Lipinski definition) is 2. The predicted molar refractivity (Wildman–Crippen MR) is 555 cm³/mol. The lowest BCUT2D eigenvalue weighted by atomic mass is 9.33. The number of nitrogens with zero attached hydrogens (tertiary/aromatic N) is 5. The zero-order chi connectivity index (χ0) is 89.9. The number of para-hydroxylation sites is 3. The second kappa shape index (κ2) is 29.5. The summed E-state index contributed by atoms with van der Waals surface area (Å²) in [6.45, 7) is 56.3. The van der Waals surface area contributed by atoms with Crippen molar-refractivity contribution >= 4 is 123 Å². The highest BCUT2D eigenvalue weighted by Crippen LogP contribution is 2.54. The normalized spacial score (nSPS) is 13.6. The van der Waals surface area contributed by atoms with Gasteiger partial charge in [-0.15, -0.1) is 0 Å². The third kappa shape index (κ3) is 14.2.